The molecule has 2 aromatic rings. The summed E-state index contributed by atoms with van der Waals surface area (Å²) in [6.45, 7) is 0. The van der Waals surface area contributed by atoms with Gasteiger partial charge in [-0.25, -0.2) is 0 Å². The van der Waals surface area contributed by atoms with E-state index >= 15 is 0 Å². The fraction of sp³-hybridized carbons (Fsp3) is 0. The molecule has 0 fully saturated rings. The van der Waals surface area contributed by atoms with Crippen LogP contribution in [-0.4, -0.2) is 0 Å². The molecule has 0 N–H and O–H groups in total. The molecule has 0 heterocycles. The van der Waals surface area contributed by atoms with Crippen LogP contribution >= 0.6 is 50.1 Å². The Morgan fingerprint density at radius 2 is 0.750 bits per heavy atom. The Morgan fingerprint density at radius 3 is 0.875 bits per heavy atom. The van der Waals surface area contributed by atoms with E-state index in [0.717, 1.165) is 9.79 Å². The maximum absolute atomic E-state index is 4.08. The maximum atomic E-state index is 4.08. The van der Waals surface area contributed by atoms with Crippen molar-refractivity contribution >= 4 is 50.1 Å². The van der Waals surface area contributed by atoms with Crippen molar-refractivity contribution in [2.75, 3.05) is 0 Å². The van der Waals surface area contributed by atoms with Crippen molar-refractivity contribution < 1.29 is 0 Å². The standard InChI is InChI=1S/2C6H6S.2ClH/c2*7-6-4-2-1-3-5-6;;/h2*1-5,7H;2*1H. The first-order valence-electron chi connectivity index (χ1n) is 4.27. The number of hydrogen-bond donors (Lipinski definition) is 2. The second kappa shape index (κ2) is 11.2. The third-order valence-electron chi connectivity index (χ3n) is 1.51. The lowest BCUT2D eigenvalue weighted by Crippen LogP contribution is -1.56. The van der Waals surface area contributed by atoms with Crippen LogP contribution in [0.4, 0.5) is 0 Å². The molecule has 4 heteroatoms. The normalized spacial score (nSPS) is 7.62. The molecule has 0 aliphatic heterocycles. The SMILES string of the molecule is Cl.Cl.Sc1ccccc1.Sc1ccccc1. The van der Waals surface area contributed by atoms with Gasteiger partial charge in [-0.2, -0.15) is 0 Å². The summed E-state index contributed by atoms with van der Waals surface area (Å²) in [6, 6.07) is 19.6. The molecule has 0 aliphatic rings. The van der Waals surface area contributed by atoms with Gasteiger partial charge in [-0.3, -0.25) is 0 Å². The Hall–Kier alpha value is -0.280. The third-order valence-corrected chi connectivity index (χ3v) is 2.11. The highest BCUT2D eigenvalue weighted by molar-refractivity contribution is 7.80. The molecule has 16 heavy (non-hydrogen) atoms. The third kappa shape index (κ3) is 8.98. The Balaban J connectivity index is 0. The summed E-state index contributed by atoms with van der Waals surface area (Å²) in [5.41, 5.74) is 0. The predicted octanol–water partition coefficient (Wildman–Crippen LogP) is 4.79. The van der Waals surface area contributed by atoms with Gasteiger partial charge < -0.3 is 0 Å². The van der Waals surface area contributed by atoms with Crippen LogP contribution < -0.4 is 0 Å². The number of rotatable bonds is 0. The van der Waals surface area contributed by atoms with Gasteiger partial charge in [0.1, 0.15) is 0 Å². The van der Waals surface area contributed by atoms with Crippen LogP contribution in [0.25, 0.3) is 0 Å². The molecule has 2 aromatic carbocycles. The molecule has 0 nitrogen and oxygen atoms in total. The van der Waals surface area contributed by atoms with Crippen LogP contribution in [-0.2, 0) is 0 Å². The molecule has 0 saturated carbocycles. The lowest BCUT2D eigenvalue weighted by atomic mass is 10.4. The Morgan fingerprint density at radius 1 is 0.500 bits per heavy atom. The van der Waals surface area contributed by atoms with Gasteiger partial charge in [0.25, 0.3) is 0 Å². The minimum Gasteiger partial charge on any atom is -0.147 e. The molecule has 0 spiro atoms. The second-order valence-corrected chi connectivity index (χ2v) is 3.70. The summed E-state index contributed by atoms with van der Waals surface area (Å²) in [5, 5.41) is 0. The average molecular weight is 293 g/mol. The van der Waals surface area contributed by atoms with Crippen molar-refractivity contribution in [1.29, 1.82) is 0 Å². The van der Waals surface area contributed by atoms with E-state index in [2.05, 4.69) is 25.3 Å². The van der Waals surface area contributed by atoms with E-state index in [9.17, 15) is 0 Å². The van der Waals surface area contributed by atoms with Crippen molar-refractivity contribution in [2.24, 2.45) is 0 Å². The molecule has 0 bridgehead atoms. The van der Waals surface area contributed by atoms with Crippen molar-refractivity contribution in [2.45, 2.75) is 9.79 Å². The Kier molecular flexibility index (Phi) is 12.7. The summed E-state index contributed by atoms with van der Waals surface area (Å²) >= 11 is 8.17. The minimum atomic E-state index is 0. The first-order valence-corrected chi connectivity index (χ1v) is 5.16. The zero-order valence-electron chi connectivity index (χ0n) is 8.48. The molecule has 0 atom stereocenters. The largest absolute Gasteiger partial charge is 0.147 e. The summed E-state index contributed by atoms with van der Waals surface area (Å²) in [6.07, 6.45) is 0. The summed E-state index contributed by atoms with van der Waals surface area (Å²) in [4.78, 5) is 2.03. The molecule has 0 aromatic heterocycles. The van der Waals surface area contributed by atoms with Crippen LogP contribution in [0.2, 0.25) is 0 Å². The van der Waals surface area contributed by atoms with E-state index in [4.69, 9.17) is 0 Å². The molecule has 0 unspecified atom stereocenters. The van der Waals surface area contributed by atoms with Crippen LogP contribution in [0, 0.1) is 0 Å². The fourth-order valence-electron chi connectivity index (χ4n) is 0.856. The second-order valence-electron chi connectivity index (χ2n) is 2.67. The van der Waals surface area contributed by atoms with Crippen molar-refractivity contribution in [3.05, 3.63) is 60.7 Å². The molecular weight excluding hydrogens is 279 g/mol. The van der Waals surface area contributed by atoms with Crippen LogP contribution in [0.3, 0.4) is 0 Å². The van der Waals surface area contributed by atoms with Gasteiger partial charge in [-0.1, -0.05) is 36.4 Å². The first-order chi connectivity index (χ1) is 6.79. The predicted molar refractivity (Wildman–Crippen MR) is 81.9 cm³/mol. The van der Waals surface area contributed by atoms with Gasteiger partial charge in [-0.05, 0) is 24.3 Å². The van der Waals surface area contributed by atoms with E-state index in [1.54, 1.807) is 0 Å². The summed E-state index contributed by atoms with van der Waals surface area (Å²) < 4.78 is 0. The van der Waals surface area contributed by atoms with Gasteiger partial charge >= 0.3 is 0 Å². The Labute approximate surface area is 120 Å². The van der Waals surface area contributed by atoms with Crippen molar-refractivity contribution in [3.8, 4) is 0 Å². The van der Waals surface area contributed by atoms with E-state index in [0.29, 0.717) is 0 Å². The zero-order chi connectivity index (χ0) is 10.2. The molecule has 0 aliphatic carbocycles. The maximum Gasteiger partial charge on any atom is 0.00399 e. The minimum absolute atomic E-state index is 0. The zero-order valence-corrected chi connectivity index (χ0v) is 11.9. The van der Waals surface area contributed by atoms with Crippen LogP contribution in [0.1, 0.15) is 0 Å². The number of halogens is 2. The summed E-state index contributed by atoms with van der Waals surface area (Å²) in [5.74, 6) is 0. The van der Waals surface area contributed by atoms with E-state index < -0.39 is 0 Å². The average Bonchev–Trinajstić information content (AvgIpc) is 2.21. The van der Waals surface area contributed by atoms with E-state index in [1.807, 2.05) is 60.7 Å². The number of benzene rings is 2. The number of thiol groups is 2. The Bertz CT molecular complexity index is 314. The molecule has 0 radical (unpaired) electrons. The quantitative estimate of drug-likeness (QED) is 0.641. The topological polar surface area (TPSA) is 0 Å². The molecule has 2 rings (SSSR count). The van der Waals surface area contributed by atoms with Gasteiger partial charge in [-0.15, -0.1) is 50.1 Å². The van der Waals surface area contributed by atoms with Gasteiger partial charge in [0.15, 0.2) is 0 Å². The molecule has 0 saturated heterocycles. The van der Waals surface area contributed by atoms with Gasteiger partial charge in [0, 0.05) is 9.79 Å². The highest BCUT2D eigenvalue weighted by Crippen LogP contribution is 2.01. The monoisotopic (exact) mass is 292 g/mol. The highest BCUT2D eigenvalue weighted by atomic mass is 35.5. The van der Waals surface area contributed by atoms with Gasteiger partial charge in [0.05, 0.1) is 0 Å². The van der Waals surface area contributed by atoms with Crippen molar-refractivity contribution in [3.63, 3.8) is 0 Å². The number of hydrogen-bond acceptors (Lipinski definition) is 2. The first kappa shape index (κ1) is 18.1. The molecular formula is C12H14Cl2S2. The van der Waals surface area contributed by atoms with Crippen LogP contribution in [0.5, 0.6) is 0 Å². The van der Waals surface area contributed by atoms with Gasteiger partial charge in [0.2, 0.25) is 0 Å². The van der Waals surface area contributed by atoms with E-state index in [1.165, 1.54) is 0 Å². The fourth-order valence-corrected chi connectivity index (χ4v) is 1.20. The van der Waals surface area contributed by atoms with Crippen molar-refractivity contribution in [1.82, 2.24) is 0 Å². The van der Waals surface area contributed by atoms with E-state index in [-0.39, 0.29) is 24.8 Å². The highest BCUT2D eigenvalue weighted by Gasteiger charge is 1.73. The summed E-state index contributed by atoms with van der Waals surface area (Å²) in [7, 11) is 0. The smallest absolute Gasteiger partial charge is 0.00399 e. The lowest BCUT2D eigenvalue weighted by Gasteiger charge is -1.81. The lowest BCUT2D eigenvalue weighted by molar-refractivity contribution is 1.48. The van der Waals surface area contributed by atoms with Crippen LogP contribution in [0.15, 0.2) is 70.5 Å². The molecule has 88 valence electrons. The molecule has 0 amide bonds.